The minimum atomic E-state index is -0.519. The first-order valence-electron chi connectivity index (χ1n) is 5.30. The molecule has 1 saturated heterocycles. The summed E-state index contributed by atoms with van der Waals surface area (Å²) in [5, 5.41) is 12.7. The Bertz CT molecular complexity index is 352. The van der Waals surface area contributed by atoms with Gasteiger partial charge >= 0.3 is 0 Å². The molecule has 0 aromatic carbocycles. The average Bonchev–Trinajstić information content (AvgIpc) is 2.86. The summed E-state index contributed by atoms with van der Waals surface area (Å²) in [7, 11) is 1.73. The third-order valence-corrected chi connectivity index (χ3v) is 2.85. The van der Waals surface area contributed by atoms with E-state index in [0.717, 1.165) is 0 Å². The van der Waals surface area contributed by atoms with Crippen LogP contribution in [0.3, 0.4) is 0 Å². The van der Waals surface area contributed by atoms with Crippen molar-refractivity contribution in [3.05, 3.63) is 18.7 Å². The number of aliphatic hydroxyl groups is 1. The van der Waals surface area contributed by atoms with Crippen molar-refractivity contribution in [2.24, 2.45) is 0 Å². The lowest BCUT2D eigenvalue weighted by atomic mass is 10.2. The number of carbonyl (C=O) groups is 1. The highest BCUT2D eigenvalue weighted by Gasteiger charge is 2.34. The lowest BCUT2D eigenvalue weighted by Gasteiger charge is -2.16. The Morgan fingerprint density at radius 2 is 2.44 bits per heavy atom. The third kappa shape index (κ3) is 2.07. The number of likely N-dealkylation sites (tertiary alicyclic amines) is 1. The molecule has 1 aromatic rings. The number of nitrogens with one attached hydrogen (secondary N) is 1. The van der Waals surface area contributed by atoms with Crippen molar-refractivity contribution in [1.29, 1.82) is 0 Å². The van der Waals surface area contributed by atoms with Crippen LogP contribution in [0, 0.1) is 0 Å². The van der Waals surface area contributed by atoms with E-state index in [4.69, 9.17) is 0 Å². The minimum Gasteiger partial charge on any atom is -0.389 e. The Labute approximate surface area is 93.9 Å². The molecule has 0 unspecified atom stereocenters. The molecular formula is C10H16N4O2. The molecule has 16 heavy (non-hydrogen) atoms. The molecule has 88 valence electrons. The van der Waals surface area contributed by atoms with Gasteiger partial charge in [-0.2, -0.15) is 0 Å². The lowest BCUT2D eigenvalue weighted by molar-refractivity contribution is -0.129. The van der Waals surface area contributed by atoms with E-state index < -0.39 is 6.10 Å². The monoisotopic (exact) mass is 224 g/mol. The number of β-amino-alcohol motifs (C(OH)–C–C–N with tert-alkyl or cyclic N) is 1. The van der Waals surface area contributed by atoms with Gasteiger partial charge in [0.1, 0.15) is 0 Å². The second-order valence-corrected chi connectivity index (χ2v) is 3.97. The number of hydrogen-bond donors (Lipinski definition) is 2. The third-order valence-electron chi connectivity index (χ3n) is 2.85. The van der Waals surface area contributed by atoms with E-state index in [9.17, 15) is 9.90 Å². The fourth-order valence-electron chi connectivity index (χ4n) is 1.99. The number of carbonyl (C=O) groups excluding carboxylic acids is 1. The van der Waals surface area contributed by atoms with Crippen molar-refractivity contribution in [2.75, 3.05) is 26.7 Å². The topological polar surface area (TPSA) is 70.4 Å². The quantitative estimate of drug-likeness (QED) is 0.680. The van der Waals surface area contributed by atoms with Gasteiger partial charge in [-0.1, -0.05) is 0 Å². The number of aliphatic hydroxyl groups excluding tert-OH is 1. The zero-order valence-electron chi connectivity index (χ0n) is 9.21. The molecule has 1 aliphatic heterocycles. The van der Waals surface area contributed by atoms with Gasteiger partial charge in [-0.05, 0) is 7.05 Å². The van der Waals surface area contributed by atoms with Crippen molar-refractivity contribution in [1.82, 2.24) is 19.8 Å². The number of amides is 1. The molecule has 1 aromatic heterocycles. The molecule has 1 fully saturated rings. The highest BCUT2D eigenvalue weighted by atomic mass is 16.3. The van der Waals surface area contributed by atoms with Gasteiger partial charge in [0.25, 0.3) is 0 Å². The average molecular weight is 224 g/mol. The Kier molecular flexibility index (Phi) is 3.21. The van der Waals surface area contributed by atoms with Crippen LogP contribution in [-0.2, 0) is 4.79 Å². The summed E-state index contributed by atoms with van der Waals surface area (Å²) in [4.78, 5) is 17.2. The molecule has 2 atom stereocenters. The summed E-state index contributed by atoms with van der Waals surface area (Å²) in [6, 6.07) is -0.0803. The molecule has 0 radical (unpaired) electrons. The predicted molar refractivity (Wildman–Crippen MR) is 57.8 cm³/mol. The molecule has 2 heterocycles. The van der Waals surface area contributed by atoms with E-state index in [1.807, 2.05) is 4.57 Å². The molecule has 6 heteroatoms. The SMILES string of the molecule is CNCC(=O)N1C[C@@H](O)[C@@H](n2ccnc2)C1. The van der Waals surface area contributed by atoms with Gasteiger partial charge in [0.2, 0.25) is 5.91 Å². The Hall–Kier alpha value is -1.40. The number of likely N-dealkylation sites (N-methyl/N-ethyl adjacent to an activating group) is 1. The van der Waals surface area contributed by atoms with Gasteiger partial charge in [0.05, 0.1) is 25.0 Å². The first kappa shape index (κ1) is 11.1. The summed E-state index contributed by atoms with van der Waals surface area (Å²) in [6.07, 6.45) is 4.63. The predicted octanol–water partition coefficient (Wildman–Crippen LogP) is -1.15. The van der Waals surface area contributed by atoms with Crippen molar-refractivity contribution in [3.8, 4) is 0 Å². The minimum absolute atomic E-state index is 0.0177. The van der Waals surface area contributed by atoms with E-state index in [-0.39, 0.29) is 11.9 Å². The van der Waals surface area contributed by atoms with Crippen LogP contribution in [0.1, 0.15) is 6.04 Å². The van der Waals surface area contributed by atoms with Gasteiger partial charge in [-0.3, -0.25) is 4.79 Å². The molecule has 0 aliphatic carbocycles. The van der Waals surface area contributed by atoms with Crippen LogP contribution >= 0.6 is 0 Å². The molecule has 0 saturated carbocycles. The van der Waals surface area contributed by atoms with Crippen molar-refractivity contribution < 1.29 is 9.90 Å². The zero-order valence-corrected chi connectivity index (χ0v) is 9.21. The Morgan fingerprint density at radius 1 is 1.62 bits per heavy atom. The van der Waals surface area contributed by atoms with Crippen molar-refractivity contribution >= 4 is 5.91 Å². The van der Waals surface area contributed by atoms with E-state index in [2.05, 4.69) is 10.3 Å². The molecule has 0 spiro atoms. The largest absolute Gasteiger partial charge is 0.389 e. The van der Waals surface area contributed by atoms with E-state index in [1.54, 1.807) is 30.7 Å². The molecular weight excluding hydrogens is 208 g/mol. The summed E-state index contributed by atoms with van der Waals surface area (Å²) < 4.78 is 1.84. The smallest absolute Gasteiger partial charge is 0.236 e. The first-order chi connectivity index (χ1) is 7.72. The number of rotatable bonds is 3. The van der Waals surface area contributed by atoms with Gasteiger partial charge in [0.15, 0.2) is 0 Å². The van der Waals surface area contributed by atoms with Gasteiger partial charge in [0, 0.05) is 25.5 Å². The van der Waals surface area contributed by atoms with Crippen molar-refractivity contribution in [3.63, 3.8) is 0 Å². The van der Waals surface area contributed by atoms with Gasteiger partial charge < -0.3 is 19.9 Å². The van der Waals surface area contributed by atoms with Crippen LogP contribution in [0.2, 0.25) is 0 Å². The van der Waals surface area contributed by atoms with E-state index in [1.165, 1.54) is 0 Å². The highest BCUT2D eigenvalue weighted by molar-refractivity contribution is 5.78. The standard InChI is InChI=1S/C10H16N4O2/c1-11-4-10(16)14-5-8(9(15)6-14)13-3-2-12-7-13/h2-3,7-9,11,15H,4-6H2,1H3/t8-,9+/m0/s1. The summed E-state index contributed by atoms with van der Waals surface area (Å²) in [5.74, 6) is 0.0177. The summed E-state index contributed by atoms with van der Waals surface area (Å²) in [5.41, 5.74) is 0. The Morgan fingerprint density at radius 3 is 3.06 bits per heavy atom. The maximum Gasteiger partial charge on any atom is 0.236 e. The maximum absolute atomic E-state index is 11.6. The van der Waals surface area contributed by atoms with E-state index >= 15 is 0 Å². The van der Waals surface area contributed by atoms with Crippen LogP contribution < -0.4 is 5.32 Å². The summed E-state index contributed by atoms with van der Waals surface area (Å²) >= 11 is 0. The normalized spacial score (nSPS) is 25.0. The molecule has 2 N–H and O–H groups in total. The lowest BCUT2D eigenvalue weighted by Crippen LogP contribution is -2.36. The second kappa shape index (κ2) is 4.63. The van der Waals surface area contributed by atoms with Crippen LogP contribution in [0.25, 0.3) is 0 Å². The van der Waals surface area contributed by atoms with Gasteiger partial charge in [-0.15, -0.1) is 0 Å². The zero-order chi connectivity index (χ0) is 11.5. The highest BCUT2D eigenvalue weighted by Crippen LogP contribution is 2.21. The number of hydrogen-bond acceptors (Lipinski definition) is 4. The first-order valence-corrected chi connectivity index (χ1v) is 5.30. The van der Waals surface area contributed by atoms with Crippen LogP contribution in [0.5, 0.6) is 0 Å². The van der Waals surface area contributed by atoms with Crippen molar-refractivity contribution in [2.45, 2.75) is 12.1 Å². The molecule has 0 bridgehead atoms. The van der Waals surface area contributed by atoms with Crippen LogP contribution in [-0.4, -0.2) is 58.3 Å². The number of aromatic nitrogens is 2. The van der Waals surface area contributed by atoms with Crippen LogP contribution in [0.15, 0.2) is 18.7 Å². The Balaban J connectivity index is 2.02. The molecule has 2 rings (SSSR count). The molecule has 1 amide bonds. The summed E-state index contributed by atoms with van der Waals surface area (Å²) in [6.45, 7) is 1.24. The molecule has 6 nitrogen and oxygen atoms in total. The fourth-order valence-corrected chi connectivity index (χ4v) is 1.99. The van der Waals surface area contributed by atoms with Crippen LogP contribution in [0.4, 0.5) is 0 Å². The number of imidazole rings is 1. The molecule has 1 aliphatic rings. The van der Waals surface area contributed by atoms with Gasteiger partial charge in [-0.25, -0.2) is 4.98 Å². The second-order valence-electron chi connectivity index (χ2n) is 3.97. The van der Waals surface area contributed by atoms with E-state index in [0.29, 0.717) is 19.6 Å². The fraction of sp³-hybridized carbons (Fsp3) is 0.600. The maximum atomic E-state index is 11.6. The number of nitrogens with zero attached hydrogens (tertiary/aromatic N) is 3.